The molecular formula is C19H27IN6S. The lowest BCUT2D eigenvalue weighted by Crippen LogP contribution is -2.38. The monoisotopic (exact) mass is 498 g/mol. The van der Waals surface area contributed by atoms with Crippen LogP contribution in [-0.2, 0) is 13.1 Å². The van der Waals surface area contributed by atoms with Gasteiger partial charge in [-0.05, 0) is 32.9 Å². The van der Waals surface area contributed by atoms with Crippen molar-refractivity contribution in [3.8, 4) is 0 Å². The molecule has 0 aliphatic heterocycles. The van der Waals surface area contributed by atoms with Crippen LogP contribution in [0.5, 0.6) is 0 Å². The van der Waals surface area contributed by atoms with Crippen molar-refractivity contribution in [2.24, 2.45) is 4.99 Å². The fourth-order valence-electron chi connectivity index (χ4n) is 3.00. The zero-order chi connectivity index (χ0) is 18.5. The molecule has 3 aromatic rings. The van der Waals surface area contributed by atoms with E-state index in [9.17, 15) is 0 Å². The molecule has 8 heteroatoms. The Labute approximate surface area is 181 Å². The average Bonchev–Trinajstić information content (AvgIpc) is 3.16. The number of aromatic nitrogens is 3. The summed E-state index contributed by atoms with van der Waals surface area (Å²) in [6.07, 6.45) is 0. The first-order valence-electron chi connectivity index (χ1n) is 8.90. The summed E-state index contributed by atoms with van der Waals surface area (Å²) in [6.45, 7) is 9.27. The highest BCUT2D eigenvalue weighted by molar-refractivity contribution is 14.0. The molecule has 0 radical (unpaired) electrons. The van der Waals surface area contributed by atoms with Crippen LogP contribution in [0.15, 0.2) is 34.6 Å². The molecule has 0 spiro atoms. The molecule has 6 nitrogen and oxygen atoms in total. The van der Waals surface area contributed by atoms with E-state index in [1.807, 2.05) is 27.0 Å². The lowest BCUT2D eigenvalue weighted by molar-refractivity contribution is 0.470. The van der Waals surface area contributed by atoms with Crippen molar-refractivity contribution < 1.29 is 0 Å². The van der Waals surface area contributed by atoms with Gasteiger partial charge < -0.3 is 14.8 Å². The van der Waals surface area contributed by atoms with E-state index in [-0.39, 0.29) is 24.0 Å². The second-order valence-corrected chi connectivity index (χ2v) is 7.31. The molecule has 0 bridgehead atoms. The largest absolute Gasteiger partial charge is 0.357 e. The van der Waals surface area contributed by atoms with E-state index in [1.165, 1.54) is 0 Å². The van der Waals surface area contributed by atoms with Gasteiger partial charge in [0.05, 0.1) is 34.8 Å². The number of halogens is 1. The van der Waals surface area contributed by atoms with Crippen LogP contribution in [0.2, 0.25) is 0 Å². The molecule has 0 aliphatic carbocycles. The maximum atomic E-state index is 4.80. The molecule has 146 valence electrons. The van der Waals surface area contributed by atoms with E-state index in [1.54, 1.807) is 11.3 Å². The molecule has 27 heavy (non-hydrogen) atoms. The van der Waals surface area contributed by atoms with Crippen LogP contribution in [0.1, 0.15) is 23.4 Å². The van der Waals surface area contributed by atoms with Crippen LogP contribution in [0.25, 0.3) is 11.0 Å². The normalized spacial score (nSPS) is 11.5. The van der Waals surface area contributed by atoms with Crippen LogP contribution in [0.4, 0.5) is 0 Å². The molecule has 3 rings (SSSR count). The summed E-state index contributed by atoms with van der Waals surface area (Å²) in [5.41, 5.74) is 3.28. The number of imidazole rings is 1. The van der Waals surface area contributed by atoms with Gasteiger partial charge in [-0.15, -0.1) is 35.3 Å². The number of hydrogen-bond acceptors (Lipinski definition) is 4. The molecule has 0 saturated heterocycles. The number of fused-ring (bicyclic) bond motifs is 1. The molecule has 1 aromatic carbocycles. The van der Waals surface area contributed by atoms with E-state index in [2.05, 4.69) is 55.3 Å². The van der Waals surface area contributed by atoms with E-state index >= 15 is 0 Å². The fourth-order valence-corrected chi connectivity index (χ4v) is 3.61. The number of guanidine groups is 1. The first kappa shape index (κ1) is 21.6. The Kier molecular flexibility index (Phi) is 8.03. The quantitative estimate of drug-likeness (QED) is 0.319. The Bertz CT molecular complexity index is 901. The Morgan fingerprint density at radius 1 is 1.26 bits per heavy atom. The first-order chi connectivity index (χ1) is 12.6. The second kappa shape index (κ2) is 10.0. The minimum atomic E-state index is 0. The summed E-state index contributed by atoms with van der Waals surface area (Å²) in [5.74, 6) is 1.93. The standard InChI is InChI=1S/C19H26N6S.HI/c1-5-20-19(24(4)12-16-13-26-15(3)23-16)21-10-11-25-14(2)22-17-8-6-7-9-18(17)25;/h6-9,13H,5,10-12H2,1-4H3,(H,20,21);1H. The van der Waals surface area contributed by atoms with Gasteiger partial charge in [-0.3, -0.25) is 4.99 Å². The minimum Gasteiger partial charge on any atom is -0.357 e. The van der Waals surface area contributed by atoms with Gasteiger partial charge in [0.15, 0.2) is 5.96 Å². The summed E-state index contributed by atoms with van der Waals surface area (Å²) >= 11 is 1.68. The fraction of sp³-hybridized carbons (Fsp3) is 0.421. The van der Waals surface area contributed by atoms with Crippen molar-refractivity contribution in [1.82, 2.24) is 24.8 Å². The second-order valence-electron chi connectivity index (χ2n) is 6.25. The van der Waals surface area contributed by atoms with E-state index in [4.69, 9.17) is 4.99 Å². The van der Waals surface area contributed by atoms with Crippen molar-refractivity contribution in [3.05, 3.63) is 46.2 Å². The molecule has 2 aromatic heterocycles. The van der Waals surface area contributed by atoms with Gasteiger partial charge in [0.25, 0.3) is 0 Å². The molecule has 0 unspecified atom stereocenters. The van der Waals surface area contributed by atoms with Gasteiger partial charge in [-0.25, -0.2) is 9.97 Å². The van der Waals surface area contributed by atoms with E-state index in [0.717, 1.165) is 53.2 Å². The van der Waals surface area contributed by atoms with Crippen LogP contribution in [0, 0.1) is 13.8 Å². The summed E-state index contributed by atoms with van der Waals surface area (Å²) < 4.78 is 2.23. The lowest BCUT2D eigenvalue weighted by Gasteiger charge is -2.21. The van der Waals surface area contributed by atoms with Crippen molar-refractivity contribution >= 4 is 52.3 Å². The van der Waals surface area contributed by atoms with Gasteiger partial charge >= 0.3 is 0 Å². The van der Waals surface area contributed by atoms with Crippen molar-refractivity contribution in [3.63, 3.8) is 0 Å². The van der Waals surface area contributed by atoms with Crippen LogP contribution in [0.3, 0.4) is 0 Å². The molecular weight excluding hydrogens is 471 g/mol. The first-order valence-corrected chi connectivity index (χ1v) is 9.78. The van der Waals surface area contributed by atoms with Crippen molar-refractivity contribution in [2.75, 3.05) is 20.1 Å². The van der Waals surface area contributed by atoms with Gasteiger partial charge in [-0.2, -0.15) is 0 Å². The molecule has 0 atom stereocenters. The molecule has 1 N–H and O–H groups in total. The number of hydrogen-bond donors (Lipinski definition) is 1. The van der Waals surface area contributed by atoms with Gasteiger partial charge in [0.1, 0.15) is 5.82 Å². The molecule has 0 fully saturated rings. The molecule has 0 saturated carbocycles. The smallest absolute Gasteiger partial charge is 0.194 e. The molecule has 0 aliphatic rings. The number of aryl methyl sites for hydroxylation is 2. The summed E-state index contributed by atoms with van der Waals surface area (Å²) in [4.78, 5) is 16.1. The highest BCUT2D eigenvalue weighted by atomic mass is 127. The Hall–Kier alpha value is -1.68. The predicted octanol–water partition coefficient (Wildman–Crippen LogP) is 3.83. The number of benzene rings is 1. The minimum absolute atomic E-state index is 0. The maximum Gasteiger partial charge on any atom is 0.194 e. The third-order valence-electron chi connectivity index (χ3n) is 4.19. The molecule has 0 amide bonds. The number of aliphatic imine (C=N–C) groups is 1. The van der Waals surface area contributed by atoms with Gasteiger partial charge in [0, 0.05) is 25.5 Å². The number of thiazole rings is 1. The number of rotatable bonds is 6. The Morgan fingerprint density at radius 2 is 2.04 bits per heavy atom. The van der Waals surface area contributed by atoms with Crippen LogP contribution in [-0.4, -0.2) is 45.5 Å². The van der Waals surface area contributed by atoms with Crippen LogP contribution < -0.4 is 5.32 Å². The van der Waals surface area contributed by atoms with Gasteiger partial charge in [-0.1, -0.05) is 12.1 Å². The number of nitrogens with zero attached hydrogens (tertiary/aromatic N) is 5. The predicted molar refractivity (Wildman–Crippen MR) is 124 cm³/mol. The molecule has 2 heterocycles. The Balaban J connectivity index is 0.00000261. The number of para-hydroxylation sites is 2. The average molecular weight is 498 g/mol. The van der Waals surface area contributed by atoms with Crippen LogP contribution >= 0.6 is 35.3 Å². The third-order valence-corrected chi connectivity index (χ3v) is 5.02. The highest BCUT2D eigenvalue weighted by Gasteiger charge is 2.09. The van der Waals surface area contributed by atoms with Crippen molar-refractivity contribution in [2.45, 2.75) is 33.9 Å². The zero-order valence-corrected chi connectivity index (χ0v) is 19.4. The van der Waals surface area contributed by atoms with Crippen molar-refractivity contribution in [1.29, 1.82) is 0 Å². The Morgan fingerprint density at radius 3 is 2.74 bits per heavy atom. The number of nitrogens with one attached hydrogen (secondary N) is 1. The topological polar surface area (TPSA) is 58.3 Å². The van der Waals surface area contributed by atoms with E-state index in [0.29, 0.717) is 6.54 Å². The maximum absolute atomic E-state index is 4.80. The summed E-state index contributed by atoms with van der Waals surface area (Å²) in [7, 11) is 2.05. The SMILES string of the molecule is CCNC(=NCCn1c(C)nc2ccccc21)N(C)Cc1csc(C)n1.I. The lowest BCUT2D eigenvalue weighted by atomic mass is 10.3. The van der Waals surface area contributed by atoms with E-state index < -0.39 is 0 Å². The summed E-state index contributed by atoms with van der Waals surface area (Å²) in [5, 5.41) is 6.57. The highest BCUT2D eigenvalue weighted by Crippen LogP contribution is 2.15. The summed E-state index contributed by atoms with van der Waals surface area (Å²) in [6, 6.07) is 8.24. The third kappa shape index (κ3) is 5.41. The zero-order valence-electron chi connectivity index (χ0n) is 16.3. The van der Waals surface area contributed by atoms with Gasteiger partial charge in [0.2, 0.25) is 0 Å².